The summed E-state index contributed by atoms with van der Waals surface area (Å²) in [6, 6.07) is -2.07. The summed E-state index contributed by atoms with van der Waals surface area (Å²) >= 11 is 0. The van der Waals surface area contributed by atoms with Crippen molar-refractivity contribution in [3.63, 3.8) is 0 Å². The third kappa shape index (κ3) is 4.63. The number of sulfone groups is 1. The summed E-state index contributed by atoms with van der Waals surface area (Å²) in [6.07, 6.45) is 5.15. The van der Waals surface area contributed by atoms with Gasteiger partial charge < -0.3 is 20.3 Å². The van der Waals surface area contributed by atoms with Crippen LogP contribution in [0.5, 0.6) is 0 Å². The first-order valence-corrected chi connectivity index (χ1v) is 15.1. The van der Waals surface area contributed by atoms with E-state index in [9.17, 15) is 22.8 Å². The minimum Gasteiger partial charge on any atom is -0.467 e. The molecule has 4 rings (SSSR count). The molecule has 0 aromatic carbocycles. The van der Waals surface area contributed by atoms with E-state index in [-0.39, 0.29) is 28.9 Å². The van der Waals surface area contributed by atoms with Crippen LogP contribution in [0, 0.1) is 22.7 Å². The van der Waals surface area contributed by atoms with E-state index in [0.29, 0.717) is 32.2 Å². The van der Waals surface area contributed by atoms with Crippen molar-refractivity contribution in [2.45, 2.75) is 102 Å². The summed E-state index contributed by atoms with van der Waals surface area (Å²) in [6.45, 7) is 10.3. The first-order chi connectivity index (χ1) is 16.7. The van der Waals surface area contributed by atoms with Gasteiger partial charge in [-0.3, -0.25) is 4.79 Å². The number of esters is 1. The van der Waals surface area contributed by atoms with E-state index < -0.39 is 50.1 Å². The number of hydrogen-bond donors (Lipinski definition) is 2. The molecule has 2 aliphatic carbocycles. The lowest BCUT2D eigenvalue weighted by Crippen LogP contribution is -2.65. The first kappa shape index (κ1) is 27.2. The van der Waals surface area contributed by atoms with Gasteiger partial charge in [-0.2, -0.15) is 0 Å². The molecule has 36 heavy (non-hydrogen) atoms. The molecule has 2 heterocycles. The maximum atomic E-state index is 13.8. The summed E-state index contributed by atoms with van der Waals surface area (Å²) in [4.78, 5) is 41.5. The maximum Gasteiger partial charge on any atom is 0.328 e. The van der Waals surface area contributed by atoms with E-state index in [0.717, 1.165) is 19.3 Å². The third-order valence-electron chi connectivity index (χ3n) is 9.38. The topological polar surface area (TPSA) is 122 Å². The van der Waals surface area contributed by atoms with Gasteiger partial charge in [-0.05, 0) is 42.4 Å². The van der Waals surface area contributed by atoms with Crippen LogP contribution in [0.3, 0.4) is 0 Å². The number of ether oxygens (including phenoxy) is 1. The van der Waals surface area contributed by atoms with Crippen molar-refractivity contribution in [1.29, 1.82) is 0 Å². The summed E-state index contributed by atoms with van der Waals surface area (Å²) in [7, 11) is -1.94. The number of rotatable bonds is 5. The Balaban J connectivity index is 1.54. The number of nitrogens with zero attached hydrogens (tertiary/aromatic N) is 1. The molecule has 2 saturated heterocycles. The molecule has 2 saturated carbocycles. The fourth-order valence-electron chi connectivity index (χ4n) is 7.23. The van der Waals surface area contributed by atoms with Crippen molar-refractivity contribution in [3.8, 4) is 0 Å². The van der Waals surface area contributed by atoms with Crippen molar-refractivity contribution >= 4 is 27.7 Å². The molecule has 0 bridgehead atoms. The van der Waals surface area contributed by atoms with Gasteiger partial charge >= 0.3 is 12.0 Å². The number of urea groups is 1. The Morgan fingerprint density at radius 1 is 1.06 bits per heavy atom. The van der Waals surface area contributed by atoms with Gasteiger partial charge in [-0.1, -0.05) is 53.9 Å². The van der Waals surface area contributed by atoms with E-state index in [4.69, 9.17) is 4.74 Å². The molecule has 204 valence electrons. The molecule has 0 radical (unpaired) electrons. The second kappa shape index (κ2) is 9.17. The predicted molar refractivity (Wildman–Crippen MR) is 136 cm³/mol. The highest BCUT2D eigenvalue weighted by molar-refractivity contribution is 7.92. The van der Waals surface area contributed by atoms with Gasteiger partial charge in [-0.15, -0.1) is 0 Å². The van der Waals surface area contributed by atoms with Crippen molar-refractivity contribution in [3.05, 3.63) is 0 Å². The van der Waals surface area contributed by atoms with E-state index in [1.54, 1.807) is 4.90 Å². The molecule has 5 atom stereocenters. The van der Waals surface area contributed by atoms with E-state index in [1.807, 2.05) is 20.8 Å². The van der Waals surface area contributed by atoms with Crippen LogP contribution in [0.15, 0.2) is 0 Å². The van der Waals surface area contributed by atoms with E-state index in [1.165, 1.54) is 7.11 Å². The second-order valence-electron chi connectivity index (χ2n) is 13.0. The van der Waals surface area contributed by atoms with Gasteiger partial charge in [0.15, 0.2) is 9.84 Å². The van der Waals surface area contributed by atoms with Crippen LogP contribution in [0.25, 0.3) is 0 Å². The Bertz CT molecular complexity index is 1010. The molecule has 0 aromatic rings. The fourth-order valence-corrected chi connectivity index (χ4v) is 9.59. The molecule has 2 N–H and O–H groups in total. The fraction of sp³-hybridized carbons (Fsp3) is 0.885. The first-order valence-electron chi connectivity index (χ1n) is 13.3. The highest BCUT2D eigenvalue weighted by Crippen LogP contribution is 2.65. The highest BCUT2D eigenvalue weighted by Gasteiger charge is 2.70. The molecular formula is C26H43N3O6S. The number of amides is 3. The molecular weight excluding hydrogens is 482 g/mol. The lowest BCUT2D eigenvalue weighted by Gasteiger charge is -2.43. The van der Waals surface area contributed by atoms with Crippen LogP contribution in [-0.2, 0) is 24.2 Å². The molecule has 0 unspecified atom stereocenters. The van der Waals surface area contributed by atoms with Gasteiger partial charge in [0, 0.05) is 12.5 Å². The summed E-state index contributed by atoms with van der Waals surface area (Å²) in [5.41, 5.74) is -1.47. The van der Waals surface area contributed by atoms with Gasteiger partial charge in [0.25, 0.3) is 0 Å². The van der Waals surface area contributed by atoms with Gasteiger partial charge in [0.2, 0.25) is 5.91 Å². The number of likely N-dealkylation sites (tertiary alicyclic amines) is 1. The minimum absolute atomic E-state index is 0.0300. The van der Waals surface area contributed by atoms with Gasteiger partial charge in [0.05, 0.1) is 23.7 Å². The van der Waals surface area contributed by atoms with Crippen LogP contribution in [0.4, 0.5) is 4.79 Å². The van der Waals surface area contributed by atoms with Gasteiger partial charge in [0.1, 0.15) is 12.1 Å². The van der Waals surface area contributed by atoms with Crippen molar-refractivity contribution in [2.75, 3.05) is 19.4 Å². The predicted octanol–water partition coefficient (Wildman–Crippen LogP) is 2.64. The average Bonchev–Trinajstić information content (AvgIpc) is 3.13. The largest absolute Gasteiger partial charge is 0.467 e. The molecule has 10 heteroatoms. The minimum atomic E-state index is -3.28. The summed E-state index contributed by atoms with van der Waals surface area (Å²) in [5.74, 6) is -0.304. The second-order valence-corrected chi connectivity index (χ2v) is 15.3. The standard InChI is InChI=1S/C26H43N3O6S/c1-24(2,3)20(21(30)29-15-16-18(25(16,4)5)19(29)22(31)35-6)27-23(32)28-26(12-8-7-9-13-26)17-11-10-14-36(17,33)34/h16-20H,7-15H2,1-6H3,(H2,27,28,32)/t16-,17+,18-,19-,20+/m0/s1. The Labute approximate surface area is 215 Å². The molecule has 4 fully saturated rings. The van der Waals surface area contributed by atoms with Crippen LogP contribution in [-0.4, -0.2) is 73.5 Å². The van der Waals surface area contributed by atoms with E-state index >= 15 is 0 Å². The number of carbonyl (C=O) groups excluding carboxylic acids is 3. The van der Waals surface area contributed by atoms with Crippen molar-refractivity contribution < 1.29 is 27.5 Å². The molecule has 3 amide bonds. The molecule has 4 aliphatic rings. The SMILES string of the molecule is COC(=O)[C@@H]1[C@@H]2[C@H](CN1C(=O)[C@@H](NC(=O)NC1([C@H]3CCCS3(=O)=O)CCCCC1)C(C)(C)C)C2(C)C. The van der Waals surface area contributed by atoms with Crippen LogP contribution in [0.2, 0.25) is 0 Å². The van der Waals surface area contributed by atoms with Crippen LogP contribution < -0.4 is 10.6 Å². The molecule has 2 aliphatic heterocycles. The zero-order valence-corrected chi connectivity index (χ0v) is 23.4. The number of piperidine rings is 1. The summed E-state index contributed by atoms with van der Waals surface area (Å²) in [5, 5.41) is 5.37. The highest BCUT2D eigenvalue weighted by atomic mass is 32.2. The smallest absolute Gasteiger partial charge is 0.328 e. The van der Waals surface area contributed by atoms with Crippen LogP contribution >= 0.6 is 0 Å². The lowest BCUT2D eigenvalue weighted by molar-refractivity contribution is -0.154. The summed E-state index contributed by atoms with van der Waals surface area (Å²) < 4.78 is 30.8. The normalized spacial score (nSPS) is 32.8. The van der Waals surface area contributed by atoms with Crippen LogP contribution in [0.1, 0.15) is 79.6 Å². The van der Waals surface area contributed by atoms with E-state index in [2.05, 4.69) is 24.5 Å². The number of hydrogen-bond acceptors (Lipinski definition) is 6. The number of carbonyl (C=O) groups is 3. The van der Waals surface area contributed by atoms with Crippen molar-refractivity contribution in [2.24, 2.45) is 22.7 Å². The van der Waals surface area contributed by atoms with Gasteiger partial charge in [-0.25, -0.2) is 18.0 Å². The molecule has 9 nitrogen and oxygen atoms in total. The third-order valence-corrected chi connectivity index (χ3v) is 11.8. The monoisotopic (exact) mass is 525 g/mol. The Morgan fingerprint density at radius 2 is 1.69 bits per heavy atom. The Kier molecular flexibility index (Phi) is 6.93. The average molecular weight is 526 g/mol. The number of fused-ring (bicyclic) bond motifs is 1. The van der Waals surface area contributed by atoms with Crippen molar-refractivity contribution in [1.82, 2.24) is 15.5 Å². The zero-order chi connectivity index (χ0) is 26.7. The maximum absolute atomic E-state index is 13.8. The lowest BCUT2D eigenvalue weighted by atomic mass is 9.78. The zero-order valence-electron chi connectivity index (χ0n) is 22.6. The Morgan fingerprint density at radius 3 is 2.22 bits per heavy atom. The molecule has 0 spiro atoms. The quantitative estimate of drug-likeness (QED) is 0.532. The molecule has 0 aromatic heterocycles. The number of methoxy groups -OCH3 is 1. The Hall–Kier alpha value is -1.84. The number of nitrogens with one attached hydrogen (secondary N) is 2.